The molecule has 2 atom stereocenters. The van der Waals surface area contributed by atoms with Gasteiger partial charge in [0.25, 0.3) is 5.91 Å². The van der Waals surface area contributed by atoms with E-state index in [2.05, 4.69) is 29.2 Å². The third-order valence-electron chi connectivity index (χ3n) is 12.1. The number of anilines is 2. The molecule has 4 aromatic carbocycles. The summed E-state index contributed by atoms with van der Waals surface area (Å²) >= 11 is 29.2. The summed E-state index contributed by atoms with van der Waals surface area (Å²) < 4.78 is 89.6. The first-order valence-corrected chi connectivity index (χ1v) is 28.9. The molecule has 6 aromatic rings. The number of carbonyl (C=O) groups is 3. The third kappa shape index (κ3) is 16.8. The maximum atomic E-state index is 12.8. The van der Waals surface area contributed by atoms with Crippen molar-refractivity contribution in [1.82, 2.24) is 14.9 Å². The molecule has 0 radical (unpaired) electrons. The number of rotatable bonds is 14. The average molecular weight is 1240 g/mol. The molecule has 2 amide bonds. The van der Waals surface area contributed by atoms with Crippen molar-refractivity contribution in [1.29, 1.82) is 0 Å². The van der Waals surface area contributed by atoms with Crippen LogP contribution in [0.25, 0.3) is 5.69 Å². The van der Waals surface area contributed by atoms with Gasteiger partial charge in [-0.3, -0.25) is 14.4 Å². The van der Waals surface area contributed by atoms with Crippen molar-refractivity contribution >= 4 is 96.8 Å². The predicted molar refractivity (Wildman–Crippen MR) is 306 cm³/mol. The number of aryl methyl sites for hydroxylation is 2. The van der Waals surface area contributed by atoms with Gasteiger partial charge < -0.3 is 33.0 Å². The Morgan fingerprint density at radius 2 is 1.65 bits per heavy atom. The van der Waals surface area contributed by atoms with Gasteiger partial charge in [0, 0.05) is 36.3 Å². The van der Waals surface area contributed by atoms with Crippen LogP contribution in [0.1, 0.15) is 105 Å². The van der Waals surface area contributed by atoms with Gasteiger partial charge in [0.15, 0.2) is 26.2 Å². The Bertz CT molecular complexity index is 3420. The first-order chi connectivity index (χ1) is 38.0. The fourth-order valence-corrected chi connectivity index (χ4v) is 9.86. The van der Waals surface area contributed by atoms with Crippen LogP contribution in [-0.4, -0.2) is 96.9 Å². The number of sulfone groups is 1. The Hall–Kier alpha value is -6.05. The molecule has 2 unspecified atom stereocenters. The van der Waals surface area contributed by atoms with Gasteiger partial charge in [-0.1, -0.05) is 116 Å². The summed E-state index contributed by atoms with van der Waals surface area (Å²) in [6.07, 6.45) is 4.89. The lowest BCUT2D eigenvalue weighted by molar-refractivity contribution is -0.137. The normalized spacial score (nSPS) is 14.3. The van der Waals surface area contributed by atoms with E-state index in [9.17, 15) is 40.8 Å². The highest BCUT2D eigenvalue weighted by Crippen LogP contribution is 2.43. The minimum Gasteiger partial charge on any atom is -0.489 e. The number of fused-ring (bicyclic) bond motifs is 1. The number of benzene rings is 4. The summed E-state index contributed by atoms with van der Waals surface area (Å²) in [5.74, 6) is 2.24. The highest BCUT2D eigenvalue weighted by atomic mass is 35.5. The van der Waals surface area contributed by atoms with Crippen molar-refractivity contribution in [2.45, 2.75) is 107 Å². The van der Waals surface area contributed by atoms with Crippen LogP contribution in [0.5, 0.6) is 11.5 Å². The highest BCUT2D eigenvalue weighted by molar-refractivity contribution is 7.90. The van der Waals surface area contributed by atoms with Crippen LogP contribution in [0.3, 0.4) is 0 Å². The molecule has 0 spiro atoms. The van der Waals surface area contributed by atoms with E-state index >= 15 is 0 Å². The Labute approximate surface area is 492 Å². The number of carbonyl (C=O) groups excluding carboxylic acids is 3. The van der Waals surface area contributed by atoms with Crippen molar-refractivity contribution in [3.63, 3.8) is 0 Å². The van der Waals surface area contributed by atoms with E-state index in [0.29, 0.717) is 54.2 Å². The largest absolute Gasteiger partial charge is 0.489 e. The number of halogens is 8. The van der Waals surface area contributed by atoms with Gasteiger partial charge in [-0.15, -0.1) is 23.1 Å². The zero-order valence-corrected chi connectivity index (χ0v) is 50.1. The predicted octanol–water partition coefficient (Wildman–Crippen LogP) is 12.4. The Kier molecular flexibility index (Phi) is 23.0. The molecule has 2 aromatic heterocycles. The summed E-state index contributed by atoms with van der Waals surface area (Å²) in [6, 6.07) is 18.3. The maximum absolute atomic E-state index is 12.8. The molecule has 81 heavy (non-hydrogen) atoms. The average Bonchev–Trinajstić information content (AvgIpc) is 4.01. The van der Waals surface area contributed by atoms with E-state index in [1.54, 1.807) is 16.9 Å². The first kappa shape index (κ1) is 65.8. The summed E-state index contributed by atoms with van der Waals surface area (Å²) in [4.78, 5) is 50.4. The summed E-state index contributed by atoms with van der Waals surface area (Å²) in [7, 11) is -2.40. The lowest BCUT2D eigenvalue weighted by atomic mass is 9.97. The number of terminal acetylenes is 1. The Balaban J connectivity index is 0.000000200. The van der Waals surface area contributed by atoms with Gasteiger partial charge in [0.2, 0.25) is 11.8 Å². The number of ether oxygens (including phenoxy) is 3. The monoisotopic (exact) mass is 1240 g/mol. The van der Waals surface area contributed by atoms with Gasteiger partial charge in [-0.25, -0.2) is 13.2 Å². The molecule has 1 aliphatic heterocycles. The Morgan fingerprint density at radius 3 is 2.22 bits per heavy atom. The lowest BCUT2D eigenvalue weighted by Gasteiger charge is -2.35. The van der Waals surface area contributed by atoms with E-state index in [1.807, 2.05) is 77.9 Å². The van der Waals surface area contributed by atoms with Crippen LogP contribution >= 0.6 is 58.0 Å². The second kappa shape index (κ2) is 28.3. The quantitative estimate of drug-likeness (QED) is 0.0568. The van der Waals surface area contributed by atoms with Crippen LogP contribution in [-0.2, 0) is 42.2 Å². The van der Waals surface area contributed by atoms with Crippen LogP contribution in [0, 0.1) is 19.3 Å². The first-order valence-electron chi connectivity index (χ1n) is 24.9. The SMILES string of the molecule is C#CCOc1cc(-n2nc(C(C)(C)C)oc2=O)c(Cl)cc1Cl.CC1COc2ccccc2N1C(=O)C(Cl)Cl.CCc1cccc(C)c1N(C(=O)CCl)C(C)COC.CS(=O)(=O)c1cc(C(F)(F)F)ccc1C(=O)c1cnoc1C1CC1. The van der Waals surface area contributed by atoms with Crippen molar-refractivity contribution in [3.05, 3.63) is 139 Å². The van der Waals surface area contributed by atoms with E-state index in [0.717, 1.165) is 58.8 Å². The molecular weight excluding hydrogens is 1180 g/mol. The second-order valence-electron chi connectivity index (χ2n) is 19.5. The maximum Gasteiger partial charge on any atom is 0.442 e. The van der Waals surface area contributed by atoms with Crippen LogP contribution in [0.4, 0.5) is 24.5 Å². The van der Waals surface area contributed by atoms with Crippen LogP contribution in [0.2, 0.25) is 10.0 Å². The molecule has 0 bridgehead atoms. The molecule has 3 heterocycles. The van der Waals surface area contributed by atoms with Crippen LogP contribution < -0.4 is 25.0 Å². The molecular formula is C56H59Cl5F3N5O11S. The number of aromatic nitrogens is 3. The fourth-order valence-electron chi connectivity index (χ4n) is 8.10. The molecule has 1 saturated carbocycles. The summed E-state index contributed by atoms with van der Waals surface area (Å²) in [5, 5.41) is 8.26. The van der Waals surface area contributed by atoms with Crippen LogP contribution in [0.15, 0.2) is 97.6 Å². The highest BCUT2D eigenvalue weighted by Gasteiger charge is 2.37. The van der Waals surface area contributed by atoms with Gasteiger partial charge in [-0.05, 0) is 87.6 Å². The van der Waals surface area contributed by atoms with E-state index in [4.69, 9.17) is 87.6 Å². The summed E-state index contributed by atoms with van der Waals surface area (Å²) in [6.45, 7) is 14.6. The molecule has 0 N–H and O–H groups in total. The third-order valence-corrected chi connectivity index (χ3v) is 14.5. The number of amides is 2. The number of methoxy groups -OCH3 is 1. The zero-order valence-electron chi connectivity index (χ0n) is 45.5. The number of alkyl halides is 6. The van der Waals surface area contributed by atoms with Crippen molar-refractivity contribution in [3.8, 4) is 29.5 Å². The van der Waals surface area contributed by atoms with Crippen molar-refractivity contribution in [2.75, 3.05) is 48.9 Å². The summed E-state index contributed by atoms with van der Waals surface area (Å²) in [5.41, 5.74) is 2.46. The smallest absolute Gasteiger partial charge is 0.442 e. The molecule has 25 heteroatoms. The fraction of sp³-hybridized carbons (Fsp3) is 0.393. The lowest BCUT2D eigenvalue weighted by Crippen LogP contribution is -2.47. The van der Waals surface area contributed by atoms with E-state index in [-0.39, 0.29) is 63.5 Å². The number of hydrogen-bond acceptors (Lipinski definition) is 13. The topological polar surface area (TPSA) is 194 Å². The van der Waals surface area contributed by atoms with Gasteiger partial charge >= 0.3 is 11.9 Å². The molecule has 436 valence electrons. The number of nitrogens with zero attached hydrogens (tertiary/aromatic N) is 5. The van der Waals surface area contributed by atoms with E-state index < -0.39 is 48.3 Å². The Morgan fingerprint density at radius 1 is 0.975 bits per heavy atom. The molecule has 1 aliphatic carbocycles. The van der Waals surface area contributed by atoms with E-state index in [1.165, 1.54) is 18.3 Å². The molecule has 1 fully saturated rings. The number of hydrogen-bond donors (Lipinski definition) is 0. The van der Waals surface area contributed by atoms with Crippen molar-refractivity contribution in [2.24, 2.45) is 0 Å². The van der Waals surface area contributed by atoms with Crippen molar-refractivity contribution < 1.29 is 59.1 Å². The van der Waals surface area contributed by atoms with Gasteiger partial charge in [-0.2, -0.15) is 17.9 Å². The van der Waals surface area contributed by atoms with Gasteiger partial charge in [0.1, 0.15) is 30.6 Å². The van der Waals surface area contributed by atoms with Gasteiger partial charge in [0.05, 0.1) is 68.0 Å². The minimum atomic E-state index is -4.71. The molecule has 2 aliphatic rings. The zero-order chi connectivity index (χ0) is 60.3. The molecule has 8 rings (SSSR count). The number of para-hydroxylation sites is 3. The standard InChI is InChI=1S/C15H14Cl2N2O3.C15H22ClNO2.C15H12F3NO4S.C11H11Cl2NO2/c1-5-6-21-12-8-11(9(16)7-10(12)17)19-14(20)22-13(18-19)15(2,3)4;1-5-13-8-6-7-11(2)15(13)17(14(18)9-16)12(3)10-19-4;1-24(21,22)12-6-9(15(16,17)18)4-5-10(12)13(20)11-7-19-23-14(11)8-2-3-8;1-7-6-16-9-5-3-2-4-8(9)14(7)11(15)10(12)13/h1,7-8H,6H2,2-4H3;6-8,12H,5,9-10H2,1-4H3;4-8H,2-3H2,1H3;2-5,7,10H,6H2,1H3. The molecule has 16 nitrogen and oxygen atoms in total. The second-order valence-corrected chi connectivity index (χ2v) is 23.7. The minimum absolute atomic E-state index is 0.0223. The number of ketones is 1. The molecule has 0 saturated heterocycles.